The third-order valence-electron chi connectivity index (χ3n) is 2.33. The first-order chi connectivity index (χ1) is 7.13. The summed E-state index contributed by atoms with van der Waals surface area (Å²) >= 11 is 0. The molecule has 2 rings (SSSR count). The van der Waals surface area contributed by atoms with Crippen molar-refractivity contribution < 1.29 is 9.90 Å². The number of aromatic hydroxyl groups is 1. The van der Waals surface area contributed by atoms with Gasteiger partial charge in [-0.15, -0.1) is 0 Å². The van der Waals surface area contributed by atoms with Gasteiger partial charge in [-0.05, 0) is 12.1 Å². The van der Waals surface area contributed by atoms with Gasteiger partial charge < -0.3 is 10.4 Å². The Morgan fingerprint density at radius 3 is 2.93 bits per heavy atom. The van der Waals surface area contributed by atoms with Crippen molar-refractivity contribution >= 4 is 16.8 Å². The molecule has 0 bridgehead atoms. The van der Waals surface area contributed by atoms with Crippen molar-refractivity contribution in [2.24, 2.45) is 7.05 Å². The molecule has 0 unspecified atom stereocenters. The van der Waals surface area contributed by atoms with Crippen LogP contribution in [0.4, 0.5) is 0 Å². The number of nitrogens with zero attached hydrogens (tertiary/aromatic N) is 2. The maximum atomic E-state index is 11.4. The number of benzene rings is 1. The van der Waals surface area contributed by atoms with Crippen LogP contribution in [0.5, 0.6) is 5.75 Å². The van der Waals surface area contributed by atoms with Crippen LogP contribution in [-0.2, 0) is 7.05 Å². The highest BCUT2D eigenvalue weighted by Crippen LogP contribution is 2.25. The summed E-state index contributed by atoms with van der Waals surface area (Å²) in [6, 6.07) is 3.13. The SMILES string of the molecule is CNC(=O)c1cc(O)c2cnn(C)c2c1. The first-order valence-corrected chi connectivity index (χ1v) is 4.50. The molecular formula is C10H11N3O2. The molecule has 0 radical (unpaired) electrons. The van der Waals surface area contributed by atoms with Gasteiger partial charge in [0.05, 0.1) is 17.1 Å². The van der Waals surface area contributed by atoms with E-state index in [2.05, 4.69) is 10.4 Å². The fourth-order valence-electron chi connectivity index (χ4n) is 1.50. The molecule has 0 atom stereocenters. The summed E-state index contributed by atoms with van der Waals surface area (Å²) in [5.74, 6) is -0.160. The normalized spacial score (nSPS) is 10.5. The summed E-state index contributed by atoms with van der Waals surface area (Å²) in [7, 11) is 3.31. The minimum Gasteiger partial charge on any atom is -0.507 e. The van der Waals surface area contributed by atoms with Gasteiger partial charge in [-0.25, -0.2) is 0 Å². The lowest BCUT2D eigenvalue weighted by Crippen LogP contribution is -2.17. The van der Waals surface area contributed by atoms with Gasteiger partial charge in [-0.3, -0.25) is 9.48 Å². The van der Waals surface area contributed by atoms with Crippen molar-refractivity contribution in [2.75, 3.05) is 7.05 Å². The van der Waals surface area contributed by atoms with Crippen molar-refractivity contribution in [3.05, 3.63) is 23.9 Å². The quantitative estimate of drug-likeness (QED) is 0.717. The zero-order chi connectivity index (χ0) is 11.0. The van der Waals surface area contributed by atoms with E-state index in [0.29, 0.717) is 10.9 Å². The Morgan fingerprint density at radius 1 is 1.53 bits per heavy atom. The molecule has 0 aliphatic rings. The van der Waals surface area contributed by atoms with Crippen molar-refractivity contribution in [1.82, 2.24) is 15.1 Å². The maximum Gasteiger partial charge on any atom is 0.251 e. The lowest BCUT2D eigenvalue weighted by atomic mass is 10.1. The Bertz CT molecular complexity index is 531. The predicted octanol–water partition coefficient (Wildman–Crippen LogP) is 0.638. The number of hydrogen-bond donors (Lipinski definition) is 2. The second-order valence-electron chi connectivity index (χ2n) is 3.28. The number of hydrogen-bond acceptors (Lipinski definition) is 3. The zero-order valence-electron chi connectivity index (χ0n) is 8.48. The Kier molecular flexibility index (Phi) is 2.07. The molecule has 0 saturated carbocycles. The summed E-state index contributed by atoms with van der Waals surface area (Å²) < 4.78 is 1.61. The number of fused-ring (bicyclic) bond motifs is 1. The Hall–Kier alpha value is -2.04. The highest BCUT2D eigenvalue weighted by atomic mass is 16.3. The monoisotopic (exact) mass is 205 g/mol. The van der Waals surface area contributed by atoms with Crippen LogP contribution in [0.25, 0.3) is 10.9 Å². The molecule has 2 N–H and O–H groups in total. The van der Waals surface area contributed by atoms with Crippen LogP contribution in [-0.4, -0.2) is 27.8 Å². The van der Waals surface area contributed by atoms with E-state index in [9.17, 15) is 9.90 Å². The van der Waals surface area contributed by atoms with E-state index in [0.717, 1.165) is 5.52 Å². The molecule has 1 heterocycles. The number of rotatable bonds is 1. The van der Waals surface area contributed by atoms with Crippen molar-refractivity contribution in [2.45, 2.75) is 0 Å². The van der Waals surface area contributed by atoms with Gasteiger partial charge in [-0.2, -0.15) is 5.10 Å². The van der Waals surface area contributed by atoms with Gasteiger partial charge in [0.2, 0.25) is 0 Å². The molecule has 0 aliphatic heterocycles. The van der Waals surface area contributed by atoms with Crippen LogP contribution in [0.15, 0.2) is 18.3 Å². The van der Waals surface area contributed by atoms with Gasteiger partial charge >= 0.3 is 0 Å². The van der Waals surface area contributed by atoms with Crippen molar-refractivity contribution in [3.63, 3.8) is 0 Å². The third kappa shape index (κ3) is 1.41. The molecule has 15 heavy (non-hydrogen) atoms. The molecule has 1 aromatic carbocycles. The van der Waals surface area contributed by atoms with Gasteiger partial charge in [0.25, 0.3) is 5.91 Å². The highest BCUT2D eigenvalue weighted by molar-refractivity contribution is 5.99. The summed E-state index contributed by atoms with van der Waals surface area (Å²) in [5, 5.41) is 16.8. The highest BCUT2D eigenvalue weighted by Gasteiger charge is 2.10. The lowest BCUT2D eigenvalue weighted by molar-refractivity contribution is 0.0963. The number of nitrogens with one attached hydrogen (secondary N) is 1. The smallest absolute Gasteiger partial charge is 0.251 e. The molecule has 5 heteroatoms. The maximum absolute atomic E-state index is 11.4. The fraction of sp³-hybridized carbons (Fsp3) is 0.200. The second-order valence-corrected chi connectivity index (χ2v) is 3.28. The number of phenolic OH excluding ortho intramolecular Hbond substituents is 1. The molecular weight excluding hydrogens is 194 g/mol. The average Bonchev–Trinajstić information content (AvgIpc) is 2.60. The number of aromatic nitrogens is 2. The molecule has 2 aromatic rings. The lowest BCUT2D eigenvalue weighted by Gasteiger charge is -2.02. The van der Waals surface area contributed by atoms with E-state index in [-0.39, 0.29) is 11.7 Å². The van der Waals surface area contributed by atoms with Gasteiger partial charge in [0.1, 0.15) is 5.75 Å². The van der Waals surface area contributed by atoms with E-state index in [4.69, 9.17) is 0 Å². The van der Waals surface area contributed by atoms with Crippen molar-refractivity contribution in [3.8, 4) is 5.75 Å². The third-order valence-corrected chi connectivity index (χ3v) is 2.33. The topological polar surface area (TPSA) is 67.2 Å². The first kappa shape index (κ1) is 9.51. The minimum absolute atomic E-state index is 0.0687. The predicted molar refractivity (Wildman–Crippen MR) is 55.8 cm³/mol. The van der Waals surface area contributed by atoms with E-state index in [1.807, 2.05) is 0 Å². The van der Waals surface area contributed by atoms with E-state index < -0.39 is 0 Å². The van der Waals surface area contributed by atoms with Crippen LogP contribution < -0.4 is 5.32 Å². The zero-order valence-corrected chi connectivity index (χ0v) is 8.48. The number of amides is 1. The minimum atomic E-state index is -0.228. The standard InChI is InChI=1S/C10H11N3O2/c1-11-10(15)6-3-8-7(9(14)4-6)5-12-13(8)2/h3-5,14H,1-2H3,(H,11,15). The largest absolute Gasteiger partial charge is 0.507 e. The summed E-state index contributed by atoms with van der Waals surface area (Å²) in [5.41, 5.74) is 1.15. The molecule has 0 spiro atoms. The number of aryl methyl sites for hydroxylation is 1. The average molecular weight is 205 g/mol. The molecule has 0 aliphatic carbocycles. The second kappa shape index (κ2) is 3.27. The Morgan fingerprint density at radius 2 is 2.27 bits per heavy atom. The molecule has 1 aromatic heterocycles. The number of carbonyl (C=O) groups excluding carboxylic acids is 1. The molecule has 78 valence electrons. The fourth-order valence-corrected chi connectivity index (χ4v) is 1.50. The van der Waals surface area contributed by atoms with Gasteiger partial charge in [0, 0.05) is 19.7 Å². The number of phenols is 1. The van der Waals surface area contributed by atoms with E-state index >= 15 is 0 Å². The van der Waals surface area contributed by atoms with Crippen LogP contribution >= 0.6 is 0 Å². The van der Waals surface area contributed by atoms with Gasteiger partial charge in [0.15, 0.2) is 0 Å². The van der Waals surface area contributed by atoms with E-state index in [1.165, 1.54) is 6.07 Å². The summed E-state index contributed by atoms with van der Waals surface area (Å²) in [6.07, 6.45) is 1.57. The Balaban J connectivity index is 2.70. The molecule has 0 saturated heterocycles. The molecule has 1 amide bonds. The summed E-state index contributed by atoms with van der Waals surface area (Å²) in [4.78, 5) is 11.4. The molecule has 0 fully saturated rings. The van der Waals surface area contributed by atoms with E-state index in [1.54, 1.807) is 31.0 Å². The summed E-state index contributed by atoms with van der Waals surface area (Å²) in [6.45, 7) is 0. The van der Waals surface area contributed by atoms with Crippen molar-refractivity contribution in [1.29, 1.82) is 0 Å². The van der Waals surface area contributed by atoms with Gasteiger partial charge in [-0.1, -0.05) is 0 Å². The Labute approximate surface area is 86.3 Å². The number of carbonyl (C=O) groups is 1. The van der Waals surface area contributed by atoms with Crippen LogP contribution in [0.3, 0.4) is 0 Å². The van der Waals surface area contributed by atoms with Crippen LogP contribution in [0.1, 0.15) is 10.4 Å². The first-order valence-electron chi connectivity index (χ1n) is 4.50. The van der Waals surface area contributed by atoms with Crippen LogP contribution in [0.2, 0.25) is 0 Å². The molecule has 5 nitrogen and oxygen atoms in total. The van der Waals surface area contributed by atoms with Crippen LogP contribution in [0, 0.1) is 0 Å².